The van der Waals surface area contributed by atoms with Crippen molar-refractivity contribution in [2.45, 2.75) is 35.8 Å². The van der Waals surface area contributed by atoms with Crippen molar-refractivity contribution in [3.05, 3.63) is 17.6 Å². The SMILES string of the molecule is Nc1c(SC2CCCC2)ccc2scnc12. The standard InChI is InChI=1S/C12H14N2S2/c13-11-9(16-8-3-1-2-4-8)5-6-10-12(11)14-7-15-10/h5-8H,1-4,13H2. The van der Waals surface area contributed by atoms with Crippen molar-refractivity contribution in [3.63, 3.8) is 0 Å². The van der Waals surface area contributed by atoms with Crippen LogP contribution in [-0.4, -0.2) is 10.2 Å². The molecule has 0 atom stereocenters. The number of nitrogens with two attached hydrogens (primary N) is 1. The molecule has 84 valence electrons. The normalized spacial score (nSPS) is 17.2. The number of rotatable bonds is 2. The van der Waals surface area contributed by atoms with Gasteiger partial charge in [-0.15, -0.1) is 23.1 Å². The van der Waals surface area contributed by atoms with Gasteiger partial charge in [-0.25, -0.2) is 4.98 Å². The first-order valence-corrected chi connectivity index (χ1v) is 7.39. The summed E-state index contributed by atoms with van der Waals surface area (Å²) in [7, 11) is 0. The highest BCUT2D eigenvalue weighted by Crippen LogP contribution is 2.39. The third kappa shape index (κ3) is 1.80. The van der Waals surface area contributed by atoms with Crippen molar-refractivity contribution < 1.29 is 0 Å². The van der Waals surface area contributed by atoms with Crippen molar-refractivity contribution in [1.82, 2.24) is 4.98 Å². The topological polar surface area (TPSA) is 38.9 Å². The molecule has 4 heteroatoms. The summed E-state index contributed by atoms with van der Waals surface area (Å²) in [5.74, 6) is 0. The Kier molecular flexibility index (Phi) is 2.77. The van der Waals surface area contributed by atoms with E-state index >= 15 is 0 Å². The van der Waals surface area contributed by atoms with E-state index in [1.54, 1.807) is 11.3 Å². The van der Waals surface area contributed by atoms with Gasteiger partial charge in [0.25, 0.3) is 0 Å². The minimum Gasteiger partial charge on any atom is -0.396 e. The van der Waals surface area contributed by atoms with E-state index in [0.29, 0.717) is 0 Å². The van der Waals surface area contributed by atoms with E-state index in [1.165, 1.54) is 35.3 Å². The van der Waals surface area contributed by atoms with Crippen LogP contribution in [0.15, 0.2) is 22.5 Å². The van der Waals surface area contributed by atoms with Gasteiger partial charge in [-0.3, -0.25) is 0 Å². The first kappa shape index (κ1) is 10.4. The Morgan fingerprint density at radius 3 is 2.94 bits per heavy atom. The maximum absolute atomic E-state index is 6.16. The summed E-state index contributed by atoms with van der Waals surface area (Å²) in [4.78, 5) is 5.55. The van der Waals surface area contributed by atoms with Crippen LogP contribution in [0.5, 0.6) is 0 Å². The van der Waals surface area contributed by atoms with E-state index < -0.39 is 0 Å². The van der Waals surface area contributed by atoms with Crippen LogP contribution in [0, 0.1) is 0 Å². The number of thioether (sulfide) groups is 1. The first-order chi connectivity index (χ1) is 7.84. The van der Waals surface area contributed by atoms with Crippen molar-refractivity contribution >= 4 is 39.0 Å². The second-order valence-corrected chi connectivity index (χ2v) is 6.43. The average molecular weight is 250 g/mol. The number of hydrogen-bond acceptors (Lipinski definition) is 4. The van der Waals surface area contributed by atoms with Crippen molar-refractivity contribution in [3.8, 4) is 0 Å². The molecule has 1 heterocycles. The Labute approximate surface area is 103 Å². The number of anilines is 1. The molecule has 0 unspecified atom stereocenters. The van der Waals surface area contributed by atoms with Crippen molar-refractivity contribution in [2.75, 3.05) is 5.73 Å². The quantitative estimate of drug-likeness (QED) is 0.821. The van der Waals surface area contributed by atoms with Crippen LogP contribution in [0.25, 0.3) is 10.2 Å². The summed E-state index contributed by atoms with van der Waals surface area (Å²) >= 11 is 3.59. The summed E-state index contributed by atoms with van der Waals surface area (Å²) < 4.78 is 1.19. The molecule has 0 aliphatic heterocycles. The number of benzene rings is 1. The van der Waals surface area contributed by atoms with E-state index in [1.807, 2.05) is 17.3 Å². The Balaban J connectivity index is 1.93. The summed E-state index contributed by atoms with van der Waals surface area (Å²) in [5, 5.41) is 0.762. The molecule has 1 aliphatic rings. The molecule has 1 fully saturated rings. The van der Waals surface area contributed by atoms with Crippen molar-refractivity contribution in [2.24, 2.45) is 0 Å². The molecule has 0 bridgehead atoms. The number of nitrogens with zero attached hydrogens (tertiary/aromatic N) is 1. The van der Waals surface area contributed by atoms with Gasteiger partial charge in [-0.05, 0) is 25.0 Å². The lowest BCUT2D eigenvalue weighted by Crippen LogP contribution is -1.96. The molecule has 1 aliphatic carbocycles. The van der Waals surface area contributed by atoms with Crippen LogP contribution in [0.4, 0.5) is 5.69 Å². The number of aromatic nitrogens is 1. The zero-order chi connectivity index (χ0) is 11.0. The number of thiazole rings is 1. The molecule has 1 aromatic heterocycles. The second-order valence-electron chi connectivity index (χ2n) is 4.20. The monoisotopic (exact) mass is 250 g/mol. The smallest absolute Gasteiger partial charge is 0.105 e. The first-order valence-electron chi connectivity index (χ1n) is 5.63. The highest BCUT2D eigenvalue weighted by atomic mass is 32.2. The lowest BCUT2D eigenvalue weighted by atomic mass is 10.3. The zero-order valence-corrected chi connectivity index (χ0v) is 10.6. The van der Waals surface area contributed by atoms with E-state index in [2.05, 4.69) is 17.1 Å². The molecule has 1 aromatic carbocycles. The molecular weight excluding hydrogens is 236 g/mol. The molecule has 1 saturated carbocycles. The second kappa shape index (κ2) is 4.26. The van der Waals surface area contributed by atoms with E-state index in [4.69, 9.17) is 5.73 Å². The van der Waals surface area contributed by atoms with Gasteiger partial charge in [-0.2, -0.15) is 0 Å². The van der Waals surface area contributed by atoms with E-state index in [-0.39, 0.29) is 0 Å². The molecule has 2 N–H and O–H groups in total. The summed E-state index contributed by atoms with van der Waals surface area (Å²) in [5.41, 5.74) is 9.88. The Bertz CT molecular complexity index is 501. The van der Waals surface area contributed by atoms with Crippen LogP contribution < -0.4 is 5.73 Å². The van der Waals surface area contributed by atoms with Gasteiger partial charge >= 0.3 is 0 Å². The summed E-state index contributed by atoms with van der Waals surface area (Å²) in [6.45, 7) is 0. The van der Waals surface area contributed by atoms with Gasteiger partial charge in [0.2, 0.25) is 0 Å². The number of hydrogen-bond donors (Lipinski definition) is 1. The highest BCUT2D eigenvalue weighted by Gasteiger charge is 2.18. The van der Waals surface area contributed by atoms with Gasteiger partial charge in [-0.1, -0.05) is 12.8 Å². The van der Waals surface area contributed by atoms with E-state index in [0.717, 1.165) is 16.5 Å². The molecule has 2 nitrogen and oxygen atoms in total. The van der Waals surface area contributed by atoms with Gasteiger partial charge in [0, 0.05) is 10.1 Å². The van der Waals surface area contributed by atoms with Crippen molar-refractivity contribution in [1.29, 1.82) is 0 Å². The molecule has 0 saturated heterocycles. The Morgan fingerprint density at radius 1 is 1.31 bits per heavy atom. The number of nitrogen functional groups attached to an aromatic ring is 1. The molecule has 3 rings (SSSR count). The molecule has 0 spiro atoms. The van der Waals surface area contributed by atoms with Crippen LogP contribution in [0.3, 0.4) is 0 Å². The molecule has 0 radical (unpaired) electrons. The lowest BCUT2D eigenvalue weighted by molar-refractivity contribution is 0.886. The van der Waals surface area contributed by atoms with Crippen LogP contribution in [0.2, 0.25) is 0 Å². The van der Waals surface area contributed by atoms with Crippen LogP contribution in [-0.2, 0) is 0 Å². The van der Waals surface area contributed by atoms with Crippen LogP contribution in [0.1, 0.15) is 25.7 Å². The third-order valence-electron chi connectivity index (χ3n) is 3.10. The maximum atomic E-state index is 6.16. The predicted molar refractivity (Wildman–Crippen MR) is 72.1 cm³/mol. The predicted octanol–water partition coefficient (Wildman–Crippen LogP) is 3.91. The van der Waals surface area contributed by atoms with Gasteiger partial charge in [0.05, 0.1) is 15.9 Å². The van der Waals surface area contributed by atoms with Crippen LogP contribution >= 0.6 is 23.1 Å². The largest absolute Gasteiger partial charge is 0.396 e. The molecular formula is C12H14N2S2. The summed E-state index contributed by atoms with van der Waals surface area (Å²) in [6, 6.07) is 4.29. The lowest BCUT2D eigenvalue weighted by Gasteiger charge is -2.10. The van der Waals surface area contributed by atoms with Gasteiger partial charge < -0.3 is 5.73 Å². The molecule has 16 heavy (non-hydrogen) atoms. The fourth-order valence-electron chi connectivity index (χ4n) is 2.22. The minimum absolute atomic E-state index is 0.762. The number of fused-ring (bicyclic) bond motifs is 1. The van der Waals surface area contributed by atoms with Gasteiger partial charge in [0.15, 0.2) is 0 Å². The average Bonchev–Trinajstić information content (AvgIpc) is 2.93. The minimum atomic E-state index is 0.762. The highest BCUT2D eigenvalue weighted by molar-refractivity contribution is 8.00. The molecule has 0 amide bonds. The van der Waals surface area contributed by atoms with E-state index in [9.17, 15) is 0 Å². The fraction of sp³-hybridized carbons (Fsp3) is 0.417. The zero-order valence-electron chi connectivity index (χ0n) is 8.98. The van der Waals surface area contributed by atoms with Gasteiger partial charge in [0.1, 0.15) is 5.52 Å². The summed E-state index contributed by atoms with van der Waals surface area (Å²) in [6.07, 6.45) is 5.41. The Morgan fingerprint density at radius 2 is 2.12 bits per heavy atom. The third-order valence-corrected chi connectivity index (χ3v) is 5.31. The Hall–Kier alpha value is -0.740. The fourth-order valence-corrected chi connectivity index (χ4v) is 4.21. The maximum Gasteiger partial charge on any atom is 0.105 e. The molecule has 2 aromatic rings.